The summed E-state index contributed by atoms with van der Waals surface area (Å²) in [5.41, 5.74) is 0.457. The van der Waals surface area contributed by atoms with E-state index in [4.69, 9.17) is 9.47 Å². The van der Waals surface area contributed by atoms with Crippen LogP contribution in [0.25, 0.3) is 0 Å². The van der Waals surface area contributed by atoms with E-state index in [9.17, 15) is 14.4 Å². The number of ether oxygens (including phenoxy) is 2. The number of nitrogens with one attached hydrogen (secondary N) is 2. The summed E-state index contributed by atoms with van der Waals surface area (Å²) in [5.74, 6) is -0.865. The predicted octanol–water partition coefficient (Wildman–Crippen LogP) is 1.46. The maximum Gasteiger partial charge on any atom is 0.333 e. The van der Waals surface area contributed by atoms with Crippen LogP contribution >= 0.6 is 0 Å². The number of hydrogen-bond acceptors (Lipinski definition) is 5. The minimum Gasteiger partial charge on any atom is -0.463 e. The Kier molecular flexibility index (Phi) is 8.61. The molecule has 0 bridgehead atoms. The molecule has 0 unspecified atom stereocenters. The van der Waals surface area contributed by atoms with Gasteiger partial charge in [-0.15, -0.1) is 0 Å². The Morgan fingerprint density at radius 1 is 1.12 bits per heavy atom. The third-order valence-corrected chi connectivity index (χ3v) is 4.15. The first-order chi connectivity index (χ1) is 11.8. The molecule has 0 fully saturated rings. The number of amides is 2. The third kappa shape index (κ3) is 6.49. The van der Waals surface area contributed by atoms with Crippen molar-refractivity contribution in [1.82, 2.24) is 10.6 Å². The molecular formula is C18H30N2O5. The summed E-state index contributed by atoms with van der Waals surface area (Å²) in [4.78, 5) is 35.4. The van der Waals surface area contributed by atoms with Crippen molar-refractivity contribution >= 4 is 17.8 Å². The van der Waals surface area contributed by atoms with Crippen LogP contribution in [0.4, 0.5) is 0 Å². The first-order valence-electron chi connectivity index (χ1n) is 8.89. The largest absolute Gasteiger partial charge is 0.463 e. The lowest BCUT2D eigenvalue weighted by molar-refractivity contribution is -0.139. The van der Waals surface area contributed by atoms with Gasteiger partial charge in [0.1, 0.15) is 0 Å². The van der Waals surface area contributed by atoms with Crippen molar-refractivity contribution in [2.24, 2.45) is 0 Å². The normalized spacial score (nSPS) is 23.0. The topological polar surface area (TPSA) is 93.7 Å². The molecule has 0 saturated carbocycles. The third-order valence-electron chi connectivity index (χ3n) is 4.15. The van der Waals surface area contributed by atoms with Crippen LogP contribution in [0.2, 0.25) is 0 Å². The molecule has 0 heterocycles. The Balaban J connectivity index is 3.17. The van der Waals surface area contributed by atoms with E-state index >= 15 is 0 Å². The van der Waals surface area contributed by atoms with Crippen LogP contribution in [-0.4, -0.2) is 48.7 Å². The summed E-state index contributed by atoms with van der Waals surface area (Å²) in [6.07, 6.45) is 3.11. The standard InChI is InChI=1S/C18H30N2O5/c1-6-14(7-2)25-16-10-13(18(23)24-8-3)9-15(19-11(4)21)17(16)20-12(5)22/h10,14-17H,6-9H2,1-5H3,(H,19,21)(H,20,22)/t15-,16+,17+/m0/s1. The molecule has 2 N–H and O–H groups in total. The Bertz CT molecular complexity index is 514. The van der Waals surface area contributed by atoms with Crippen LogP contribution in [-0.2, 0) is 23.9 Å². The van der Waals surface area contributed by atoms with Gasteiger partial charge in [-0.1, -0.05) is 13.8 Å². The van der Waals surface area contributed by atoms with E-state index in [0.29, 0.717) is 5.57 Å². The van der Waals surface area contributed by atoms with Gasteiger partial charge in [0.15, 0.2) is 0 Å². The zero-order valence-electron chi connectivity index (χ0n) is 15.8. The molecule has 7 nitrogen and oxygen atoms in total. The first kappa shape index (κ1) is 21.2. The molecule has 0 aliphatic heterocycles. The van der Waals surface area contributed by atoms with E-state index in [1.807, 2.05) is 13.8 Å². The van der Waals surface area contributed by atoms with Crippen molar-refractivity contribution in [1.29, 1.82) is 0 Å². The molecule has 0 radical (unpaired) electrons. The molecule has 1 aliphatic rings. The number of carbonyl (C=O) groups is 3. The molecule has 2 amide bonds. The van der Waals surface area contributed by atoms with Crippen molar-refractivity contribution in [3.63, 3.8) is 0 Å². The van der Waals surface area contributed by atoms with Crippen molar-refractivity contribution < 1.29 is 23.9 Å². The summed E-state index contributed by atoms with van der Waals surface area (Å²) in [6, 6.07) is -0.884. The molecule has 0 aromatic heterocycles. The highest BCUT2D eigenvalue weighted by Gasteiger charge is 2.38. The first-order valence-corrected chi connectivity index (χ1v) is 8.89. The molecule has 0 aromatic carbocycles. The number of esters is 1. The van der Waals surface area contributed by atoms with Crippen LogP contribution in [0.3, 0.4) is 0 Å². The SMILES string of the molecule is CCOC(=O)C1=C[C@@H](OC(CC)CC)[C@H](NC(C)=O)[C@@H](NC(C)=O)C1. The van der Waals surface area contributed by atoms with Crippen LogP contribution < -0.4 is 10.6 Å². The highest BCUT2D eigenvalue weighted by Crippen LogP contribution is 2.25. The van der Waals surface area contributed by atoms with E-state index in [1.165, 1.54) is 13.8 Å². The highest BCUT2D eigenvalue weighted by molar-refractivity contribution is 5.89. The van der Waals surface area contributed by atoms with Gasteiger partial charge in [0, 0.05) is 25.8 Å². The van der Waals surface area contributed by atoms with Gasteiger partial charge in [-0.25, -0.2) is 4.79 Å². The van der Waals surface area contributed by atoms with Crippen LogP contribution in [0.15, 0.2) is 11.6 Å². The predicted molar refractivity (Wildman–Crippen MR) is 93.8 cm³/mol. The Morgan fingerprint density at radius 2 is 1.72 bits per heavy atom. The minimum absolute atomic E-state index is 0.00275. The van der Waals surface area contributed by atoms with E-state index in [1.54, 1.807) is 13.0 Å². The summed E-state index contributed by atoms with van der Waals surface area (Å²) >= 11 is 0. The molecular weight excluding hydrogens is 324 g/mol. The Hall–Kier alpha value is -1.89. The monoisotopic (exact) mass is 354 g/mol. The fourth-order valence-corrected chi connectivity index (χ4v) is 2.98. The van der Waals surface area contributed by atoms with Crippen LogP contribution in [0.1, 0.15) is 53.9 Å². The number of hydrogen-bond donors (Lipinski definition) is 2. The average molecular weight is 354 g/mol. The van der Waals surface area contributed by atoms with Crippen molar-refractivity contribution in [3.05, 3.63) is 11.6 Å². The maximum absolute atomic E-state index is 12.2. The van der Waals surface area contributed by atoms with Gasteiger partial charge >= 0.3 is 5.97 Å². The zero-order valence-corrected chi connectivity index (χ0v) is 15.8. The van der Waals surface area contributed by atoms with Crippen LogP contribution in [0, 0.1) is 0 Å². The second kappa shape index (κ2) is 10.2. The molecule has 0 saturated heterocycles. The summed E-state index contributed by atoms with van der Waals surface area (Å²) in [7, 11) is 0. The second-order valence-electron chi connectivity index (χ2n) is 6.19. The lowest BCUT2D eigenvalue weighted by atomic mass is 9.87. The Morgan fingerprint density at radius 3 is 2.20 bits per heavy atom. The molecule has 1 rings (SSSR count). The fourth-order valence-electron chi connectivity index (χ4n) is 2.98. The molecule has 142 valence electrons. The van der Waals surface area contributed by atoms with Gasteiger partial charge in [0.05, 0.1) is 30.9 Å². The molecule has 3 atom stereocenters. The highest BCUT2D eigenvalue weighted by atomic mass is 16.5. The lowest BCUT2D eigenvalue weighted by Gasteiger charge is -2.38. The smallest absolute Gasteiger partial charge is 0.333 e. The summed E-state index contributed by atoms with van der Waals surface area (Å²) < 4.78 is 11.2. The fraction of sp³-hybridized carbons (Fsp3) is 0.722. The molecule has 1 aliphatic carbocycles. The summed E-state index contributed by atoms with van der Waals surface area (Å²) in [5, 5.41) is 5.68. The Labute approximate surface area is 149 Å². The number of rotatable bonds is 8. The van der Waals surface area contributed by atoms with Crippen molar-refractivity contribution in [2.75, 3.05) is 6.61 Å². The van der Waals surface area contributed by atoms with Crippen LogP contribution in [0.5, 0.6) is 0 Å². The van der Waals surface area contributed by atoms with E-state index in [2.05, 4.69) is 10.6 Å². The lowest BCUT2D eigenvalue weighted by Crippen LogP contribution is -2.59. The summed E-state index contributed by atoms with van der Waals surface area (Å²) in [6.45, 7) is 8.88. The second-order valence-corrected chi connectivity index (χ2v) is 6.19. The van der Waals surface area contributed by atoms with Gasteiger partial charge in [0.25, 0.3) is 0 Å². The molecule has 7 heteroatoms. The van der Waals surface area contributed by atoms with Crippen molar-refractivity contribution in [2.45, 2.75) is 78.2 Å². The van der Waals surface area contributed by atoms with E-state index in [0.717, 1.165) is 12.8 Å². The zero-order chi connectivity index (χ0) is 19.0. The van der Waals surface area contributed by atoms with Crippen molar-refractivity contribution in [3.8, 4) is 0 Å². The average Bonchev–Trinajstić information content (AvgIpc) is 2.54. The number of carbonyl (C=O) groups excluding carboxylic acids is 3. The van der Waals surface area contributed by atoms with E-state index in [-0.39, 0.29) is 30.9 Å². The maximum atomic E-state index is 12.2. The minimum atomic E-state index is -0.515. The van der Waals surface area contributed by atoms with Gasteiger partial charge < -0.3 is 20.1 Å². The molecule has 0 aromatic rings. The molecule has 0 spiro atoms. The van der Waals surface area contributed by atoms with Gasteiger partial charge in [-0.3, -0.25) is 9.59 Å². The van der Waals surface area contributed by atoms with Gasteiger partial charge in [-0.2, -0.15) is 0 Å². The van der Waals surface area contributed by atoms with E-state index < -0.39 is 24.2 Å². The van der Waals surface area contributed by atoms with Gasteiger partial charge in [0.2, 0.25) is 11.8 Å². The van der Waals surface area contributed by atoms with Gasteiger partial charge in [-0.05, 0) is 25.8 Å². The molecule has 25 heavy (non-hydrogen) atoms. The quantitative estimate of drug-likeness (QED) is 0.644.